The van der Waals surface area contributed by atoms with Crippen LogP contribution >= 0.6 is 0 Å². The van der Waals surface area contributed by atoms with Crippen molar-refractivity contribution in [1.82, 2.24) is 5.32 Å². The number of hydrogen-bond donors (Lipinski definition) is 2. The molecule has 104 valence electrons. The molecule has 5 nitrogen and oxygen atoms in total. The predicted molar refractivity (Wildman–Crippen MR) is 68.8 cm³/mol. The Kier molecular flexibility index (Phi) is 6.72. The minimum atomic E-state index is -0.202. The first-order valence-electron chi connectivity index (χ1n) is 6.82. The Labute approximate surface area is 108 Å². The lowest BCUT2D eigenvalue weighted by atomic mass is 9.85. The minimum absolute atomic E-state index is 0.0522. The van der Waals surface area contributed by atoms with Gasteiger partial charge in [0.15, 0.2) is 0 Å². The van der Waals surface area contributed by atoms with Crippen LogP contribution in [0.15, 0.2) is 0 Å². The highest BCUT2D eigenvalue weighted by Gasteiger charge is 2.24. The van der Waals surface area contributed by atoms with Gasteiger partial charge in [-0.05, 0) is 32.6 Å². The molecule has 0 radical (unpaired) electrons. The molecule has 1 aliphatic carbocycles. The Morgan fingerprint density at radius 2 is 2.17 bits per heavy atom. The van der Waals surface area contributed by atoms with E-state index in [1.54, 1.807) is 6.92 Å². The lowest BCUT2D eigenvalue weighted by molar-refractivity contribution is -0.143. The Morgan fingerprint density at radius 3 is 2.83 bits per heavy atom. The third kappa shape index (κ3) is 5.49. The van der Waals surface area contributed by atoms with Gasteiger partial charge in [0, 0.05) is 24.9 Å². The van der Waals surface area contributed by atoms with E-state index in [2.05, 4.69) is 5.32 Å². The maximum absolute atomic E-state index is 11.8. The van der Waals surface area contributed by atoms with Gasteiger partial charge in [0.05, 0.1) is 6.61 Å². The van der Waals surface area contributed by atoms with E-state index < -0.39 is 0 Å². The molecule has 1 aliphatic rings. The number of nitrogens with one attached hydrogen (secondary N) is 1. The van der Waals surface area contributed by atoms with Gasteiger partial charge in [0.2, 0.25) is 5.91 Å². The standard InChI is InChI=1S/C13H24N2O3/c1-2-18-12(16)7-4-8-15-13(17)10-5-3-6-11(14)9-10/h10-11H,2-9,14H2,1H3,(H,15,17). The summed E-state index contributed by atoms with van der Waals surface area (Å²) in [6, 6.07) is 0.161. The molecule has 2 atom stereocenters. The first-order valence-corrected chi connectivity index (χ1v) is 6.82. The van der Waals surface area contributed by atoms with Gasteiger partial charge in [-0.2, -0.15) is 0 Å². The molecule has 0 saturated heterocycles. The zero-order valence-electron chi connectivity index (χ0n) is 11.1. The van der Waals surface area contributed by atoms with Crippen LogP contribution in [0.3, 0.4) is 0 Å². The third-order valence-electron chi connectivity index (χ3n) is 3.25. The first kappa shape index (κ1) is 15.0. The van der Waals surface area contributed by atoms with E-state index in [4.69, 9.17) is 10.5 Å². The molecule has 18 heavy (non-hydrogen) atoms. The highest BCUT2D eigenvalue weighted by atomic mass is 16.5. The third-order valence-corrected chi connectivity index (χ3v) is 3.25. The van der Waals surface area contributed by atoms with Crippen molar-refractivity contribution in [3.8, 4) is 0 Å². The Hall–Kier alpha value is -1.10. The molecule has 0 aromatic rings. The molecule has 1 amide bonds. The maximum atomic E-state index is 11.8. The zero-order valence-corrected chi connectivity index (χ0v) is 11.1. The van der Waals surface area contributed by atoms with E-state index in [0.717, 1.165) is 25.7 Å². The fourth-order valence-corrected chi connectivity index (χ4v) is 2.29. The average Bonchev–Trinajstić information content (AvgIpc) is 2.35. The summed E-state index contributed by atoms with van der Waals surface area (Å²) in [5, 5.41) is 2.87. The zero-order chi connectivity index (χ0) is 13.4. The Balaban J connectivity index is 2.11. The van der Waals surface area contributed by atoms with Gasteiger partial charge in [-0.25, -0.2) is 0 Å². The largest absolute Gasteiger partial charge is 0.466 e. The van der Waals surface area contributed by atoms with Gasteiger partial charge in [-0.15, -0.1) is 0 Å². The molecule has 0 spiro atoms. The van der Waals surface area contributed by atoms with Crippen molar-refractivity contribution >= 4 is 11.9 Å². The van der Waals surface area contributed by atoms with Gasteiger partial charge < -0.3 is 15.8 Å². The molecule has 0 heterocycles. The van der Waals surface area contributed by atoms with E-state index in [1.165, 1.54) is 0 Å². The molecule has 2 unspecified atom stereocenters. The van der Waals surface area contributed by atoms with Crippen LogP contribution in [0.5, 0.6) is 0 Å². The highest BCUT2D eigenvalue weighted by molar-refractivity contribution is 5.78. The van der Waals surface area contributed by atoms with Gasteiger partial charge in [-0.1, -0.05) is 6.42 Å². The molecule has 0 aromatic heterocycles. The van der Waals surface area contributed by atoms with Crippen molar-refractivity contribution in [2.24, 2.45) is 11.7 Å². The number of ether oxygens (including phenoxy) is 1. The number of hydrogen-bond acceptors (Lipinski definition) is 4. The second-order valence-corrected chi connectivity index (χ2v) is 4.82. The van der Waals surface area contributed by atoms with Crippen LogP contribution in [0.2, 0.25) is 0 Å². The molecule has 3 N–H and O–H groups in total. The normalized spacial score (nSPS) is 23.4. The number of carbonyl (C=O) groups excluding carboxylic acids is 2. The quantitative estimate of drug-likeness (QED) is 0.548. The lowest BCUT2D eigenvalue weighted by Gasteiger charge is -2.25. The Morgan fingerprint density at radius 1 is 1.39 bits per heavy atom. The predicted octanol–water partition coefficient (Wildman–Crippen LogP) is 0.963. The summed E-state index contributed by atoms with van der Waals surface area (Å²) in [5.41, 5.74) is 5.85. The molecule has 1 rings (SSSR count). The highest BCUT2D eigenvalue weighted by Crippen LogP contribution is 2.22. The minimum Gasteiger partial charge on any atom is -0.466 e. The molecule has 1 fully saturated rings. The molecule has 0 aromatic carbocycles. The smallest absolute Gasteiger partial charge is 0.305 e. The van der Waals surface area contributed by atoms with Crippen LogP contribution in [0.4, 0.5) is 0 Å². The van der Waals surface area contributed by atoms with Gasteiger partial charge in [0.1, 0.15) is 0 Å². The molecule has 1 saturated carbocycles. The van der Waals surface area contributed by atoms with E-state index in [1.807, 2.05) is 0 Å². The van der Waals surface area contributed by atoms with Crippen molar-refractivity contribution in [3.63, 3.8) is 0 Å². The number of carbonyl (C=O) groups is 2. The number of amides is 1. The SMILES string of the molecule is CCOC(=O)CCCNC(=O)C1CCCC(N)C1. The molecule has 0 bridgehead atoms. The van der Waals surface area contributed by atoms with Crippen molar-refractivity contribution < 1.29 is 14.3 Å². The molecule has 0 aliphatic heterocycles. The van der Waals surface area contributed by atoms with Crippen LogP contribution in [-0.2, 0) is 14.3 Å². The summed E-state index contributed by atoms with van der Waals surface area (Å²) in [4.78, 5) is 22.9. The Bertz CT molecular complexity index is 281. The molecular weight excluding hydrogens is 232 g/mol. The summed E-state index contributed by atoms with van der Waals surface area (Å²) < 4.78 is 4.81. The van der Waals surface area contributed by atoms with E-state index in [-0.39, 0.29) is 23.8 Å². The second kappa shape index (κ2) is 8.08. The summed E-state index contributed by atoms with van der Waals surface area (Å²) in [6.07, 6.45) is 4.75. The monoisotopic (exact) mass is 256 g/mol. The average molecular weight is 256 g/mol. The van der Waals surface area contributed by atoms with Gasteiger partial charge in [-0.3, -0.25) is 9.59 Å². The maximum Gasteiger partial charge on any atom is 0.305 e. The van der Waals surface area contributed by atoms with E-state index in [0.29, 0.717) is 26.0 Å². The van der Waals surface area contributed by atoms with Crippen molar-refractivity contribution in [1.29, 1.82) is 0 Å². The number of esters is 1. The van der Waals surface area contributed by atoms with Crippen LogP contribution < -0.4 is 11.1 Å². The second-order valence-electron chi connectivity index (χ2n) is 4.82. The van der Waals surface area contributed by atoms with Gasteiger partial charge >= 0.3 is 5.97 Å². The number of rotatable bonds is 6. The topological polar surface area (TPSA) is 81.4 Å². The number of nitrogens with two attached hydrogens (primary N) is 1. The van der Waals surface area contributed by atoms with E-state index >= 15 is 0 Å². The van der Waals surface area contributed by atoms with Crippen LogP contribution in [0.25, 0.3) is 0 Å². The summed E-state index contributed by atoms with van der Waals surface area (Å²) in [6.45, 7) is 2.72. The summed E-state index contributed by atoms with van der Waals surface area (Å²) in [7, 11) is 0. The lowest BCUT2D eigenvalue weighted by Crippen LogP contribution is -2.38. The van der Waals surface area contributed by atoms with Gasteiger partial charge in [0.25, 0.3) is 0 Å². The first-order chi connectivity index (χ1) is 8.63. The van der Waals surface area contributed by atoms with Crippen LogP contribution in [0, 0.1) is 5.92 Å². The van der Waals surface area contributed by atoms with Crippen LogP contribution in [0.1, 0.15) is 45.4 Å². The molecule has 5 heteroatoms. The van der Waals surface area contributed by atoms with Crippen LogP contribution in [-0.4, -0.2) is 31.1 Å². The summed E-state index contributed by atoms with van der Waals surface area (Å²) in [5.74, 6) is -0.0724. The van der Waals surface area contributed by atoms with Crippen molar-refractivity contribution in [2.45, 2.75) is 51.5 Å². The fourth-order valence-electron chi connectivity index (χ4n) is 2.29. The molecular formula is C13H24N2O3. The fraction of sp³-hybridized carbons (Fsp3) is 0.846. The van der Waals surface area contributed by atoms with Crippen molar-refractivity contribution in [3.05, 3.63) is 0 Å². The van der Waals surface area contributed by atoms with E-state index in [9.17, 15) is 9.59 Å². The van der Waals surface area contributed by atoms with Crippen molar-refractivity contribution in [2.75, 3.05) is 13.2 Å². The summed E-state index contributed by atoms with van der Waals surface area (Å²) >= 11 is 0.